The van der Waals surface area contributed by atoms with Gasteiger partial charge in [-0.1, -0.05) is 12.5 Å². The lowest BCUT2D eigenvalue weighted by Crippen LogP contribution is -2.36. The van der Waals surface area contributed by atoms with Crippen molar-refractivity contribution in [2.24, 2.45) is 0 Å². The van der Waals surface area contributed by atoms with Crippen LogP contribution in [0.3, 0.4) is 0 Å². The Hall–Kier alpha value is -1.23. The number of carbonyl (C=O) groups excluding carboxylic acids is 1. The third-order valence-electron chi connectivity index (χ3n) is 3.04. The predicted octanol–water partition coefficient (Wildman–Crippen LogP) is 1.16. The van der Waals surface area contributed by atoms with Gasteiger partial charge in [0.25, 0.3) is 0 Å². The van der Waals surface area contributed by atoms with Crippen molar-refractivity contribution in [1.29, 1.82) is 0 Å². The Morgan fingerprint density at radius 2 is 2.24 bits per heavy atom. The van der Waals surface area contributed by atoms with Crippen LogP contribution < -0.4 is 0 Å². The number of carbonyl (C=O) groups is 1. The van der Waals surface area contributed by atoms with E-state index in [2.05, 4.69) is 4.98 Å². The molecule has 0 saturated carbocycles. The molecule has 1 aliphatic rings. The summed E-state index contributed by atoms with van der Waals surface area (Å²) in [5, 5.41) is -0.795. The second-order valence-electron chi connectivity index (χ2n) is 4.36. The Balaban J connectivity index is 2.10. The van der Waals surface area contributed by atoms with Crippen LogP contribution >= 0.6 is 0 Å². The molecule has 2 rings (SSSR count). The van der Waals surface area contributed by atoms with Gasteiger partial charge in [0.15, 0.2) is 15.6 Å². The molecule has 0 radical (unpaired) electrons. The third-order valence-corrected chi connectivity index (χ3v) is 5.26. The minimum Gasteiger partial charge on any atom is -0.298 e. The van der Waals surface area contributed by atoms with Gasteiger partial charge >= 0.3 is 0 Å². The van der Waals surface area contributed by atoms with Crippen LogP contribution in [-0.2, 0) is 21.1 Å². The fraction of sp³-hybridized carbons (Fsp3) is 0.500. The molecule has 2 heterocycles. The van der Waals surface area contributed by atoms with Gasteiger partial charge in [0, 0.05) is 18.8 Å². The first-order chi connectivity index (χ1) is 8.09. The number of sulfone groups is 1. The zero-order valence-electron chi connectivity index (χ0n) is 9.50. The van der Waals surface area contributed by atoms with Crippen molar-refractivity contribution in [2.45, 2.75) is 30.9 Å². The number of hydrogen-bond acceptors (Lipinski definition) is 4. The number of hydrogen-bond donors (Lipinski definition) is 0. The second-order valence-corrected chi connectivity index (χ2v) is 6.66. The monoisotopic (exact) mass is 253 g/mol. The molecule has 0 aromatic carbocycles. The Bertz CT molecular complexity index is 496. The standard InChI is InChI=1S/C12H15NO3S/c14-11(8-10-4-3-6-13-9-10)12-5-1-2-7-17(12,15)16/h3-4,6,9,12H,1-2,5,7-8H2. The zero-order valence-corrected chi connectivity index (χ0v) is 10.3. The van der Waals surface area contributed by atoms with Crippen LogP contribution in [0.15, 0.2) is 24.5 Å². The van der Waals surface area contributed by atoms with Crippen LogP contribution in [-0.4, -0.2) is 30.2 Å². The molecule has 0 spiro atoms. The van der Waals surface area contributed by atoms with Gasteiger partial charge in [-0.25, -0.2) is 8.42 Å². The fourth-order valence-electron chi connectivity index (χ4n) is 2.13. The summed E-state index contributed by atoms with van der Waals surface area (Å²) in [5.74, 6) is -0.0473. The first-order valence-corrected chi connectivity index (χ1v) is 7.44. The SMILES string of the molecule is O=C(Cc1cccnc1)C1CCCCS1(=O)=O. The van der Waals surface area contributed by atoms with Crippen LogP contribution in [0.1, 0.15) is 24.8 Å². The second kappa shape index (κ2) is 4.96. The summed E-state index contributed by atoms with van der Waals surface area (Å²) in [4.78, 5) is 15.9. The fourth-order valence-corrected chi connectivity index (χ4v) is 4.03. The van der Waals surface area contributed by atoms with Crippen molar-refractivity contribution < 1.29 is 13.2 Å². The molecule has 5 heteroatoms. The molecule has 1 aliphatic heterocycles. The molecular formula is C12H15NO3S. The minimum absolute atomic E-state index is 0.149. The molecule has 0 amide bonds. The average Bonchev–Trinajstić information content (AvgIpc) is 2.29. The van der Waals surface area contributed by atoms with E-state index in [4.69, 9.17) is 0 Å². The topological polar surface area (TPSA) is 64.1 Å². The molecular weight excluding hydrogens is 238 g/mol. The molecule has 1 aromatic heterocycles. The minimum atomic E-state index is -3.21. The normalized spacial score (nSPS) is 23.2. The summed E-state index contributed by atoms with van der Waals surface area (Å²) >= 11 is 0. The van der Waals surface area contributed by atoms with E-state index in [1.807, 2.05) is 0 Å². The van der Waals surface area contributed by atoms with Crippen LogP contribution in [0.25, 0.3) is 0 Å². The van der Waals surface area contributed by atoms with E-state index in [1.54, 1.807) is 24.5 Å². The van der Waals surface area contributed by atoms with Crippen molar-refractivity contribution in [3.63, 3.8) is 0 Å². The van der Waals surface area contributed by atoms with Crippen molar-refractivity contribution in [1.82, 2.24) is 4.98 Å². The molecule has 1 atom stereocenters. The number of Topliss-reactive ketones (excluding diaryl/α,β-unsaturated/α-hetero) is 1. The first-order valence-electron chi connectivity index (χ1n) is 5.73. The molecule has 92 valence electrons. The van der Waals surface area contributed by atoms with Crippen LogP contribution in [0.4, 0.5) is 0 Å². The average molecular weight is 253 g/mol. The highest BCUT2D eigenvalue weighted by molar-refractivity contribution is 7.92. The predicted molar refractivity (Wildman–Crippen MR) is 64.4 cm³/mol. The maximum atomic E-state index is 12.0. The van der Waals surface area contributed by atoms with Gasteiger partial charge in [-0.15, -0.1) is 0 Å². The van der Waals surface area contributed by atoms with E-state index < -0.39 is 15.1 Å². The Kier molecular flexibility index (Phi) is 3.57. The molecule has 0 aliphatic carbocycles. The summed E-state index contributed by atoms with van der Waals surface area (Å²) in [6, 6.07) is 3.54. The summed E-state index contributed by atoms with van der Waals surface area (Å²) < 4.78 is 23.6. The molecule has 17 heavy (non-hydrogen) atoms. The van der Waals surface area contributed by atoms with Gasteiger partial charge in [0.2, 0.25) is 0 Å². The summed E-state index contributed by atoms with van der Waals surface area (Å²) in [7, 11) is -3.21. The molecule has 0 N–H and O–H groups in total. The molecule has 0 bridgehead atoms. The molecule has 1 fully saturated rings. The van der Waals surface area contributed by atoms with Crippen molar-refractivity contribution in [2.75, 3.05) is 5.75 Å². The Morgan fingerprint density at radius 3 is 2.88 bits per heavy atom. The number of nitrogens with zero attached hydrogens (tertiary/aromatic N) is 1. The maximum Gasteiger partial charge on any atom is 0.160 e. The van der Waals surface area contributed by atoms with Gasteiger partial charge < -0.3 is 0 Å². The number of pyridine rings is 1. The van der Waals surface area contributed by atoms with E-state index in [1.165, 1.54) is 0 Å². The smallest absolute Gasteiger partial charge is 0.160 e. The maximum absolute atomic E-state index is 12.0. The Labute approximate surface area is 101 Å². The number of ketones is 1. The summed E-state index contributed by atoms with van der Waals surface area (Å²) in [5.41, 5.74) is 0.776. The summed E-state index contributed by atoms with van der Waals surface area (Å²) in [6.45, 7) is 0. The summed E-state index contributed by atoms with van der Waals surface area (Å²) in [6.07, 6.45) is 5.37. The van der Waals surface area contributed by atoms with Crippen LogP contribution in [0, 0.1) is 0 Å². The largest absolute Gasteiger partial charge is 0.298 e. The van der Waals surface area contributed by atoms with E-state index in [-0.39, 0.29) is 18.0 Å². The van der Waals surface area contributed by atoms with Crippen LogP contribution in [0.5, 0.6) is 0 Å². The molecule has 4 nitrogen and oxygen atoms in total. The van der Waals surface area contributed by atoms with E-state index in [0.717, 1.165) is 12.0 Å². The Morgan fingerprint density at radius 1 is 1.41 bits per heavy atom. The third kappa shape index (κ3) is 2.91. The van der Waals surface area contributed by atoms with Crippen molar-refractivity contribution >= 4 is 15.6 Å². The van der Waals surface area contributed by atoms with Gasteiger partial charge in [-0.2, -0.15) is 0 Å². The molecule has 1 aromatic rings. The highest BCUT2D eigenvalue weighted by Crippen LogP contribution is 2.21. The lowest BCUT2D eigenvalue weighted by atomic mass is 10.0. The number of rotatable bonds is 3. The van der Waals surface area contributed by atoms with Gasteiger partial charge in [0.1, 0.15) is 5.25 Å². The highest BCUT2D eigenvalue weighted by Gasteiger charge is 2.34. The van der Waals surface area contributed by atoms with E-state index in [0.29, 0.717) is 12.8 Å². The van der Waals surface area contributed by atoms with Gasteiger partial charge in [-0.05, 0) is 24.5 Å². The highest BCUT2D eigenvalue weighted by atomic mass is 32.2. The zero-order chi connectivity index (χ0) is 12.3. The lowest BCUT2D eigenvalue weighted by molar-refractivity contribution is -0.118. The van der Waals surface area contributed by atoms with Gasteiger partial charge in [0.05, 0.1) is 5.75 Å². The number of aromatic nitrogens is 1. The van der Waals surface area contributed by atoms with Crippen molar-refractivity contribution in [3.8, 4) is 0 Å². The first kappa shape index (κ1) is 12.2. The molecule has 1 unspecified atom stereocenters. The van der Waals surface area contributed by atoms with Crippen molar-refractivity contribution in [3.05, 3.63) is 30.1 Å². The van der Waals surface area contributed by atoms with Gasteiger partial charge in [-0.3, -0.25) is 9.78 Å². The molecule has 1 saturated heterocycles. The lowest BCUT2D eigenvalue weighted by Gasteiger charge is -2.20. The van der Waals surface area contributed by atoms with Crippen LogP contribution in [0.2, 0.25) is 0 Å². The quantitative estimate of drug-likeness (QED) is 0.811. The van der Waals surface area contributed by atoms with E-state index >= 15 is 0 Å². The van der Waals surface area contributed by atoms with E-state index in [9.17, 15) is 13.2 Å².